The molecule has 9 aromatic rings. The molecular formula is C55H45N5S. The van der Waals surface area contributed by atoms with Gasteiger partial charge in [-0.1, -0.05) is 121 Å². The van der Waals surface area contributed by atoms with E-state index in [4.69, 9.17) is 4.99 Å². The molecule has 4 unspecified atom stereocenters. The molecule has 13 rings (SSSR count). The fourth-order valence-corrected chi connectivity index (χ4v) is 12.4. The van der Waals surface area contributed by atoms with E-state index in [2.05, 4.69) is 184 Å². The summed E-state index contributed by atoms with van der Waals surface area (Å²) in [5.74, 6) is 1.50. The van der Waals surface area contributed by atoms with Crippen LogP contribution in [0.1, 0.15) is 60.6 Å². The number of benzene rings is 6. The van der Waals surface area contributed by atoms with Gasteiger partial charge in [0.25, 0.3) is 0 Å². The summed E-state index contributed by atoms with van der Waals surface area (Å²) in [4.78, 5) is 6.92. The lowest BCUT2D eigenvalue weighted by molar-refractivity contribution is 0.285. The van der Waals surface area contributed by atoms with Gasteiger partial charge < -0.3 is 14.5 Å². The van der Waals surface area contributed by atoms with Crippen molar-refractivity contribution >= 4 is 87.7 Å². The average Bonchev–Trinajstić information content (AvgIpc) is 3.99. The zero-order valence-electron chi connectivity index (χ0n) is 33.9. The van der Waals surface area contributed by atoms with Crippen LogP contribution >= 0.6 is 11.3 Å². The summed E-state index contributed by atoms with van der Waals surface area (Å²) in [5.41, 5.74) is 10.0. The van der Waals surface area contributed by atoms with Gasteiger partial charge in [0.2, 0.25) is 0 Å². The first-order valence-electron chi connectivity index (χ1n) is 22.0. The van der Waals surface area contributed by atoms with Crippen LogP contribution in [0.3, 0.4) is 0 Å². The van der Waals surface area contributed by atoms with Gasteiger partial charge in [0.15, 0.2) is 0 Å². The van der Waals surface area contributed by atoms with Gasteiger partial charge in [0.1, 0.15) is 12.0 Å². The van der Waals surface area contributed by atoms with E-state index in [9.17, 15) is 0 Å². The topological polar surface area (TPSA) is 46.3 Å². The largest absolute Gasteiger partial charge is 0.354 e. The maximum absolute atomic E-state index is 5.49. The minimum Gasteiger partial charge on any atom is -0.354 e. The molecule has 61 heavy (non-hydrogen) atoms. The highest BCUT2D eigenvalue weighted by Gasteiger charge is 2.33. The van der Waals surface area contributed by atoms with Crippen LogP contribution in [-0.4, -0.2) is 27.3 Å². The van der Waals surface area contributed by atoms with Crippen molar-refractivity contribution in [1.29, 1.82) is 0 Å². The molecule has 4 heterocycles. The van der Waals surface area contributed by atoms with Crippen molar-refractivity contribution in [3.63, 3.8) is 0 Å². The van der Waals surface area contributed by atoms with Crippen LogP contribution in [0, 0.1) is 5.92 Å². The van der Waals surface area contributed by atoms with Gasteiger partial charge in [-0.2, -0.15) is 0 Å². The van der Waals surface area contributed by atoms with Gasteiger partial charge in [-0.15, -0.1) is 11.3 Å². The highest BCUT2D eigenvalue weighted by molar-refractivity contribution is 7.19. The fraction of sp³-hybridized carbons (Fsp3) is 0.182. The highest BCUT2D eigenvalue weighted by Crippen LogP contribution is 2.49. The zero-order chi connectivity index (χ0) is 40.0. The Morgan fingerprint density at radius 3 is 2.20 bits per heavy atom. The molecule has 3 aromatic heterocycles. The van der Waals surface area contributed by atoms with Crippen LogP contribution < -0.4 is 10.6 Å². The van der Waals surface area contributed by atoms with Crippen molar-refractivity contribution in [3.05, 3.63) is 179 Å². The maximum atomic E-state index is 5.49. The second-order valence-corrected chi connectivity index (χ2v) is 18.3. The number of thiophene rings is 1. The van der Waals surface area contributed by atoms with Crippen molar-refractivity contribution in [1.82, 2.24) is 19.8 Å². The van der Waals surface area contributed by atoms with E-state index in [1.165, 1.54) is 98.2 Å². The second kappa shape index (κ2) is 14.1. The zero-order valence-corrected chi connectivity index (χ0v) is 34.7. The molecule has 6 aromatic carbocycles. The minimum atomic E-state index is -0.0793. The Kier molecular flexibility index (Phi) is 8.13. The molecule has 0 saturated carbocycles. The number of fused-ring (bicyclic) bond motifs is 11. The molecule has 5 nitrogen and oxygen atoms in total. The molecule has 1 aliphatic heterocycles. The van der Waals surface area contributed by atoms with Crippen molar-refractivity contribution in [2.45, 2.75) is 56.9 Å². The molecule has 0 radical (unpaired) electrons. The summed E-state index contributed by atoms with van der Waals surface area (Å²) in [6.07, 6.45) is 23.0. The van der Waals surface area contributed by atoms with E-state index in [-0.39, 0.29) is 18.4 Å². The number of rotatable bonds is 5. The molecule has 0 fully saturated rings. The number of aliphatic imine (C=N–C) groups is 1. The van der Waals surface area contributed by atoms with Gasteiger partial charge >= 0.3 is 0 Å². The maximum Gasteiger partial charge on any atom is 0.132 e. The predicted molar refractivity (Wildman–Crippen MR) is 258 cm³/mol. The van der Waals surface area contributed by atoms with E-state index in [0.29, 0.717) is 5.92 Å². The van der Waals surface area contributed by atoms with E-state index >= 15 is 0 Å². The van der Waals surface area contributed by atoms with Crippen molar-refractivity contribution in [2.24, 2.45) is 10.9 Å². The molecule has 0 amide bonds. The normalized spacial score (nSPS) is 21.4. The number of nitrogens with one attached hydrogen (secondary N) is 2. The number of allylic oxidation sites excluding steroid dienone is 5. The van der Waals surface area contributed by atoms with Gasteiger partial charge in [0, 0.05) is 53.3 Å². The lowest BCUT2D eigenvalue weighted by Crippen LogP contribution is -2.58. The van der Waals surface area contributed by atoms with Gasteiger partial charge in [-0.05, 0) is 109 Å². The van der Waals surface area contributed by atoms with Crippen LogP contribution in [0.2, 0.25) is 0 Å². The minimum absolute atomic E-state index is 0.0793. The SMILES string of the molecule is C1=CC(C2N=C(c3cc4sc5c(c4c4ccccc34)C=CCC5n3c4ccccc4c4cc5c6ccccc6n(-c6ccccc6)c5cc43)NC(C3CC=CCC3)N2)=CCC1. The molecule has 2 N–H and O–H groups in total. The Morgan fingerprint density at radius 1 is 0.607 bits per heavy atom. The molecule has 3 aliphatic carbocycles. The fourth-order valence-electron chi connectivity index (χ4n) is 11.0. The molecular weight excluding hydrogens is 763 g/mol. The van der Waals surface area contributed by atoms with E-state index < -0.39 is 0 Å². The first kappa shape index (κ1) is 35.3. The Morgan fingerprint density at radius 2 is 1.38 bits per heavy atom. The summed E-state index contributed by atoms with van der Waals surface area (Å²) >= 11 is 1.97. The van der Waals surface area contributed by atoms with E-state index in [1.807, 2.05) is 11.3 Å². The van der Waals surface area contributed by atoms with Gasteiger partial charge in [-0.3, -0.25) is 5.32 Å². The van der Waals surface area contributed by atoms with Crippen LogP contribution in [0.4, 0.5) is 0 Å². The van der Waals surface area contributed by atoms with Gasteiger partial charge in [-0.25, -0.2) is 4.99 Å². The standard InChI is InChI=1S/C55H45N5S/c1-4-17-34(18-5-1)53-56-54(35-19-6-2-7-20-35)58-55(57-53)44-32-50-51(40-26-11-10-23-37(40)44)41-27-16-30-47(52(41)61-50)60-46-29-15-13-25-39(46)43-31-42-38-24-12-14-28-45(38)59(48(42)33-49(43)60)36-21-8-3-9-22-36/h1,3-4,6,8-16,19-29,31-34,47,53-54,56H,2,5,7,17-18,30H2,(H,57,58). The van der Waals surface area contributed by atoms with Crippen molar-refractivity contribution in [3.8, 4) is 5.69 Å². The third-order valence-corrected chi connectivity index (χ3v) is 15.1. The summed E-state index contributed by atoms with van der Waals surface area (Å²) in [6, 6.07) is 45.3. The Labute approximate surface area is 358 Å². The smallest absolute Gasteiger partial charge is 0.132 e. The number of aromatic nitrogens is 2. The molecule has 4 atom stereocenters. The Bertz CT molecular complexity index is 3410. The third-order valence-electron chi connectivity index (χ3n) is 13.8. The highest BCUT2D eigenvalue weighted by atomic mass is 32.1. The van der Waals surface area contributed by atoms with E-state index in [1.54, 1.807) is 0 Å². The van der Waals surface area contributed by atoms with Crippen LogP contribution in [0.5, 0.6) is 0 Å². The first-order valence-corrected chi connectivity index (χ1v) is 22.9. The molecule has 0 saturated heterocycles. The van der Waals surface area contributed by atoms with Crippen molar-refractivity contribution < 1.29 is 0 Å². The van der Waals surface area contributed by atoms with Crippen LogP contribution in [-0.2, 0) is 0 Å². The first-order chi connectivity index (χ1) is 30.3. The van der Waals surface area contributed by atoms with Crippen LogP contribution in [0.25, 0.3) is 76.2 Å². The lowest BCUT2D eigenvalue weighted by Gasteiger charge is -2.38. The molecule has 6 heteroatoms. The summed E-state index contributed by atoms with van der Waals surface area (Å²) in [7, 11) is 0. The summed E-state index contributed by atoms with van der Waals surface area (Å²) in [5, 5.41) is 17.0. The molecule has 0 bridgehead atoms. The number of nitrogens with zero attached hydrogens (tertiary/aromatic N) is 3. The predicted octanol–water partition coefficient (Wildman–Crippen LogP) is 13.5. The summed E-state index contributed by atoms with van der Waals surface area (Å²) in [6.45, 7) is 0. The number of amidine groups is 1. The Balaban J connectivity index is 1.01. The number of para-hydroxylation sites is 3. The average molecular weight is 808 g/mol. The molecule has 4 aliphatic rings. The van der Waals surface area contributed by atoms with Crippen LogP contribution in [0.15, 0.2) is 168 Å². The monoisotopic (exact) mass is 807 g/mol. The Hall–Kier alpha value is -6.47. The molecule has 296 valence electrons. The third kappa shape index (κ3) is 5.52. The number of hydrogen-bond acceptors (Lipinski definition) is 4. The summed E-state index contributed by atoms with van der Waals surface area (Å²) < 4.78 is 6.43. The second-order valence-electron chi connectivity index (χ2n) is 17.2. The van der Waals surface area contributed by atoms with Gasteiger partial charge in [0.05, 0.1) is 28.8 Å². The quantitative estimate of drug-likeness (QED) is 0.170. The van der Waals surface area contributed by atoms with Crippen molar-refractivity contribution in [2.75, 3.05) is 0 Å². The van der Waals surface area contributed by atoms with E-state index in [0.717, 1.165) is 37.9 Å². The lowest BCUT2D eigenvalue weighted by atomic mass is 9.89. The molecule has 0 spiro atoms. The number of hydrogen-bond donors (Lipinski definition) is 2.